The molecule has 1 aliphatic carbocycles. The van der Waals surface area contributed by atoms with Crippen molar-refractivity contribution in [2.45, 2.75) is 18.3 Å². The molecule has 3 nitrogen and oxygen atoms in total. The SMILES string of the molecule is Nc1nc(C2(c3ccccc3)CC2)nc2sccc12. The normalized spacial score (nSPS) is 16.6. The molecule has 1 aliphatic rings. The second-order valence-corrected chi connectivity index (χ2v) is 5.91. The molecule has 0 unspecified atom stereocenters. The minimum Gasteiger partial charge on any atom is -0.383 e. The van der Waals surface area contributed by atoms with Crippen LogP contribution in [-0.4, -0.2) is 9.97 Å². The molecular weight excluding hydrogens is 254 g/mol. The van der Waals surface area contributed by atoms with Crippen LogP contribution in [0.25, 0.3) is 10.2 Å². The highest BCUT2D eigenvalue weighted by molar-refractivity contribution is 7.16. The molecule has 4 heteroatoms. The van der Waals surface area contributed by atoms with Gasteiger partial charge in [0.1, 0.15) is 16.5 Å². The van der Waals surface area contributed by atoms with Crippen LogP contribution in [0.3, 0.4) is 0 Å². The van der Waals surface area contributed by atoms with Crippen LogP contribution in [0.5, 0.6) is 0 Å². The highest BCUT2D eigenvalue weighted by atomic mass is 32.1. The zero-order valence-electron chi connectivity index (χ0n) is 10.3. The summed E-state index contributed by atoms with van der Waals surface area (Å²) in [6, 6.07) is 12.5. The molecule has 1 fully saturated rings. The summed E-state index contributed by atoms with van der Waals surface area (Å²) in [4.78, 5) is 10.3. The lowest BCUT2D eigenvalue weighted by atomic mass is 9.95. The molecule has 1 aromatic carbocycles. The highest BCUT2D eigenvalue weighted by Gasteiger charge is 2.48. The van der Waals surface area contributed by atoms with Gasteiger partial charge in [0.15, 0.2) is 0 Å². The molecule has 2 aromatic heterocycles. The highest BCUT2D eigenvalue weighted by Crippen LogP contribution is 2.52. The standard InChI is InChI=1S/C15H13N3S/c16-12-11-6-9-19-13(11)18-14(17-12)15(7-8-15)10-4-2-1-3-5-10/h1-6,9H,7-8H2,(H2,16,17,18). The lowest BCUT2D eigenvalue weighted by Gasteiger charge is -2.14. The van der Waals surface area contributed by atoms with E-state index in [4.69, 9.17) is 10.7 Å². The maximum atomic E-state index is 6.06. The molecule has 0 bridgehead atoms. The van der Waals surface area contributed by atoms with Gasteiger partial charge in [0.2, 0.25) is 0 Å². The van der Waals surface area contributed by atoms with Crippen LogP contribution >= 0.6 is 11.3 Å². The van der Waals surface area contributed by atoms with E-state index in [2.05, 4.69) is 29.2 Å². The van der Waals surface area contributed by atoms with Crippen molar-refractivity contribution in [3.63, 3.8) is 0 Å². The summed E-state index contributed by atoms with van der Waals surface area (Å²) in [6.07, 6.45) is 2.21. The van der Waals surface area contributed by atoms with E-state index in [0.717, 1.165) is 28.9 Å². The van der Waals surface area contributed by atoms with E-state index in [0.29, 0.717) is 5.82 Å². The number of hydrogen-bond donors (Lipinski definition) is 1. The number of nitrogen functional groups attached to an aromatic ring is 1. The van der Waals surface area contributed by atoms with Gasteiger partial charge in [0.05, 0.1) is 10.8 Å². The van der Waals surface area contributed by atoms with Crippen LogP contribution in [0.2, 0.25) is 0 Å². The minimum absolute atomic E-state index is 0.00639. The van der Waals surface area contributed by atoms with Gasteiger partial charge in [-0.05, 0) is 29.9 Å². The lowest BCUT2D eigenvalue weighted by Crippen LogP contribution is -2.14. The van der Waals surface area contributed by atoms with Crippen LogP contribution in [0, 0.1) is 0 Å². The average Bonchev–Trinajstić information content (AvgIpc) is 3.12. The van der Waals surface area contributed by atoms with E-state index in [-0.39, 0.29) is 5.41 Å². The molecule has 2 N–H and O–H groups in total. The second-order valence-electron chi connectivity index (χ2n) is 5.02. The predicted molar refractivity (Wildman–Crippen MR) is 78.3 cm³/mol. The van der Waals surface area contributed by atoms with E-state index in [9.17, 15) is 0 Å². The van der Waals surface area contributed by atoms with Gasteiger partial charge in [0.25, 0.3) is 0 Å². The van der Waals surface area contributed by atoms with Crippen molar-refractivity contribution in [1.29, 1.82) is 0 Å². The average molecular weight is 267 g/mol. The van der Waals surface area contributed by atoms with Gasteiger partial charge in [-0.25, -0.2) is 9.97 Å². The Morgan fingerprint density at radius 2 is 1.84 bits per heavy atom. The molecule has 4 rings (SSSR count). The molecule has 0 radical (unpaired) electrons. The molecule has 19 heavy (non-hydrogen) atoms. The first-order chi connectivity index (χ1) is 9.29. The first-order valence-electron chi connectivity index (χ1n) is 6.36. The number of rotatable bonds is 2. The predicted octanol–water partition coefficient (Wildman–Crippen LogP) is 3.35. The minimum atomic E-state index is -0.00639. The third-order valence-electron chi connectivity index (χ3n) is 3.86. The van der Waals surface area contributed by atoms with Crippen LogP contribution < -0.4 is 5.73 Å². The van der Waals surface area contributed by atoms with Crippen molar-refractivity contribution < 1.29 is 0 Å². The van der Waals surface area contributed by atoms with E-state index < -0.39 is 0 Å². The number of thiophene rings is 1. The second kappa shape index (κ2) is 3.78. The van der Waals surface area contributed by atoms with Crippen molar-refractivity contribution in [3.8, 4) is 0 Å². The third kappa shape index (κ3) is 1.56. The number of hydrogen-bond acceptors (Lipinski definition) is 4. The molecule has 0 atom stereocenters. The van der Waals surface area contributed by atoms with E-state index in [1.54, 1.807) is 11.3 Å². The first-order valence-corrected chi connectivity index (χ1v) is 7.24. The number of nitrogens with zero attached hydrogens (tertiary/aromatic N) is 2. The Morgan fingerprint density at radius 1 is 1.05 bits per heavy atom. The molecule has 0 amide bonds. The Morgan fingerprint density at radius 3 is 2.58 bits per heavy atom. The molecule has 3 aromatic rings. The van der Waals surface area contributed by atoms with Crippen molar-refractivity contribution in [3.05, 3.63) is 53.2 Å². The number of nitrogens with two attached hydrogens (primary N) is 1. The Labute approximate surface area is 115 Å². The largest absolute Gasteiger partial charge is 0.383 e. The summed E-state index contributed by atoms with van der Waals surface area (Å²) in [6.45, 7) is 0. The van der Waals surface area contributed by atoms with Gasteiger partial charge in [-0.2, -0.15) is 0 Å². The zero-order chi connectivity index (χ0) is 12.9. The summed E-state index contributed by atoms with van der Waals surface area (Å²) in [5.74, 6) is 1.48. The van der Waals surface area contributed by atoms with Crippen molar-refractivity contribution in [2.75, 3.05) is 5.73 Å². The fraction of sp³-hybridized carbons (Fsp3) is 0.200. The van der Waals surface area contributed by atoms with E-state index in [1.807, 2.05) is 17.5 Å². The summed E-state index contributed by atoms with van der Waals surface area (Å²) in [7, 11) is 0. The molecule has 0 aliphatic heterocycles. The van der Waals surface area contributed by atoms with Crippen LogP contribution in [0.15, 0.2) is 41.8 Å². The van der Waals surface area contributed by atoms with E-state index >= 15 is 0 Å². The Bertz CT molecular complexity index is 744. The lowest BCUT2D eigenvalue weighted by molar-refractivity contribution is 0.766. The number of anilines is 1. The topological polar surface area (TPSA) is 51.8 Å². The van der Waals surface area contributed by atoms with E-state index in [1.165, 1.54) is 5.56 Å². The fourth-order valence-corrected chi connectivity index (χ4v) is 3.39. The molecule has 2 heterocycles. The first kappa shape index (κ1) is 10.9. The quantitative estimate of drug-likeness (QED) is 0.774. The van der Waals surface area contributed by atoms with Gasteiger partial charge in [0, 0.05) is 0 Å². The number of fused-ring (bicyclic) bond motifs is 1. The molecule has 0 spiro atoms. The van der Waals surface area contributed by atoms with Gasteiger partial charge in [-0.1, -0.05) is 30.3 Å². The monoisotopic (exact) mass is 267 g/mol. The van der Waals surface area contributed by atoms with Crippen molar-refractivity contribution >= 4 is 27.4 Å². The van der Waals surface area contributed by atoms with Crippen molar-refractivity contribution in [2.24, 2.45) is 0 Å². The summed E-state index contributed by atoms with van der Waals surface area (Å²) >= 11 is 1.62. The number of benzene rings is 1. The fourth-order valence-electron chi connectivity index (χ4n) is 2.62. The molecule has 1 saturated carbocycles. The zero-order valence-corrected chi connectivity index (χ0v) is 11.2. The van der Waals surface area contributed by atoms with Crippen LogP contribution in [0.4, 0.5) is 5.82 Å². The Balaban J connectivity index is 1.91. The van der Waals surface area contributed by atoms with Crippen LogP contribution in [0.1, 0.15) is 24.2 Å². The number of aromatic nitrogens is 2. The Hall–Kier alpha value is -1.94. The summed E-state index contributed by atoms with van der Waals surface area (Å²) in [5, 5.41) is 2.99. The van der Waals surface area contributed by atoms with Gasteiger partial charge in [-0.3, -0.25) is 0 Å². The van der Waals surface area contributed by atoms with Crippen molar-refractivity contribution in [1.82, 2.24) is 9.97 Å². The Kier molecular flexibility index (Phi) is 2.17. The molecular formula is C15H13N3S. The third-order valence-corrected chi connectivity index (χ3v) is 4.67. The molecule has 0 saturated heterocycles. The summed E-state index contributed by atoms with van der Waals surface area (Å²) < 4.78 is 0. The summed E-state index contributed by atoms with van der Waals surface area (Å²) in [5.41, 5.74) is 7.35. The molecule has 94 valence electrons. The maximum absolute atomic E-state index is 6.06. The maximum Gasteiger partial charge on any atom is 0.142 e. The van der Waals surface area contributed by atoms with Gasteiger partial charge < -0.3 is 5.73 Å². The van der Waals surface area contributed by atoms with Crippen LogP contribution in [-0.2, 0) is 5.41 Å². The van der Waals surface area contributed by atoms with Gasteiger partial charge in [-0.15, -0.1) is 11.3 Å². The smallest absolute Gasteiger partial charge is 0.142 e. The van der Waals surface area contributed by atoms with Gasteiger partial charge >= 0.3 is 0 Å².